The number of nitrogens with zero attached hydrogens (tertiary/aromatic N) is 1. The van der Waals surface area contributed by atoms with Gasteiger partial charge < -0.3 is 14.8 Å². The van der Waals surface area contributed by atoms with Crippen molar-refractivity contribution in [1.82, 2.24) is 10.3 Å². The lowest BCUT2D eigenvalue weighted by Gasteiger charge is -2.16. The standard InChI is InChI=1S/C22H24N2O3/c1-22(2,26)13-12-16-8-10-17(11-9-16)20(25)23-14-19-15-27-21(24-19)18-6-4-3-5-7-18/h3-11,15,26H,12-14H2,1-2H3,(H,23,25). The summed E-state index contributed by atoms with van der Waals surface area (Å²) in [6, 6.07) is 17.1. The average Bonchev–Trinajstić information content (AvgIpc) is 3.14. The van der Waals surface area contributed by atoms with Gasteiger partial charge in [-0.3, -0.25) is 4.79 Å². The predicted octanol–water partition coefficient (Wildman–Crippen LogP) is 3.98. The van der Waals surface area contributed by atoms with Crippen molar-refractivity contribution in [2.75, 3.05) is 0 Å². The van der Waals surface area contributed by atoms with Gasteiger partial charge in [0.2, 0.25) is 5.89 Å². The number of hydrogen-bond acceptors (Lipinski definition) is 4. The Labute approximate surface area is 159 Å². The third-order valence-corrected chi connectivity index (χ3v) is 4.24. The number of benzene rings is 2. The highest BCUT2D eigenvalue weighted by atomic mass is 16.3. The second-order valence-corrected chi connectivity index (χ2v) is 7.20. The summed E-state index contributed by atoms with van der Waals surface area (Å²) in [6.07, 6.45) is 3.00. The van der Waals surface area contributed by atoms with Crippen LogP contribution in [0.1, 0.15) is 41.9 Å². The van der Waals surface area contributed by atoms with Gasteiger partial charge in [-0.2, -0.15) is 0 Å². The largest absolute Gasteiger partial charge is 0.444 e. The molecule has 5 heteroatoms. The molecule has 2 N–H and O–H groups in total. The van der Waals surface area contributed by atoms with Gasteiger partial charge in [-0.05, 0) is 56.5 Å². The molecule has 0 radical (unpaired) electrons. The van der Waals surface area contributed by atoms with Crippen molar-refractivity contribution in [3.05, 3.63) is 77.7 Å². The fraction of sp³-hybridized carbons (Fsp3) is 0.273. The minimum atomic E-state index is -0.688. The Morgan fingerprint density at radius 3 is 2.48 bits per heavy atom. The second-order valence-electron chi connectivity index (χ2n) is 7.20. The quantitative estimate of drug-likeness (QED) is 0.665. The Hall–Kier alpha value is -2.92. The van der Waals surface area contributed by atoms with Crippen LogP contribution < -0.4 is 5.32 Å². The highest BCUT2D eigenvalue weighted by Crippen LogP contribution is 2.18. The summed E-state index contributed by atoms with van der Waals surface area (Å²) in [6.45, 7) is 3.89. The van der Waals surface area contributed by atoms with Crippen LogP contribution >= 0.6 is 0 Å². The van der Waals surface area contributed by atoms with E-state index in [4.69, 9.17) is 4.42 Å². The van der Waals surface area contributed by atoms with Crippen molar-refractivity contribution >= 4 is 5.91 Å². The van der Waals surface area contributed by atoms with Crippen LogP contribution in [0, 0.1) is 0 Å². The normalized spacial score (nSPS) is 11.4. The Bertz CT molecular complexity index is 878. The van der Waals surface area contributed by atoms with E-state index in [2.05, 4.69) is 10.3 Å². The van der Waals surface area contributed by atoms with Gasteiger partial charge in [0, 0.05) is 11.1 Å². The summed E-state index contributed by atoms with van der Waals surface area (Å²) in [7, 11) is 0. The number of carbonyl (C=O) groups is 1. The van der Waals surface area contributed by atoms with E-state index >= 15 is 0 Å². The van der Waals surface area contributed by atoms with Crippen molar-refractivity contribution in [2.24, 2.45) is 0 Å². The van der Waals surface area contributed by atoms with Crippen LogP contribution in [0.5, 0.6) is 0 Å². The molecule has 0 saturated carbocycles. The van der Waals surface area contributed by atoms with Gasteiger partial charge in [-0.1, -0.05) is 30.3 Å². The van der Waals surface area contributed by atoms with Crippen molar-refractivity contribution < 1.29 is 14.3 Å². The third kappa shape index (κ3) is 5.53. The molecular formula is C22H24N2O3. The first-order valence-corrected chi connectivity index (χ1v) is 9.00. The Morgan fingerprint density at radius 1 is 1.11 bits per heavy atom. The van der Waals surface area contributed by atoms with Gasteiger partial charge in [0.15, 0.2) is 0 Å². The minimum absolute atomic E-state index is 0.159. The van der Waals surface area contributed by atoms with Crippen molar-refractivity contribution in [3.63, 3.8) is 0 Å². The molecule has 0 aliphatic heterocycles. The number of aryl methyl sites for hydroxylation is 1. The second kappa shape index (κ2) is 8.18. The Morgan fingerprint density at radius 2 is 1.81 bits per heavy atom. The van der Waals surface area contributed by atoms with Crippen LogP contribution in [0.15, 0.2) is 65.3 Å². The van der Waals surface area contributed by atoms with Crippen molar-refractivity contribution in [1.29, 1.82) is 0 Å². The molecule has 1 aromatic heterocycles. The van der Waals surface area contributed by atoms with E-state index < -0.39 is 5.60 Å². The lowest BCUT2D eigenvalue weighted by molar-refractivity contribution is 0.0713. The van der Waals surface area contributed by atoms with E-state index in [-0.39, 0.29) is 5.91 Å². The van der Waals surface area contributed by atoms with E-state index in [9.17, 15) is 9.90 Å². The lowest BCUT2D eigenvalue weighted by Crippen LogP contribution is -2.23. The molecule has 140 valence electrons. The van der Waals surface area contributed by atoms with Crippen molar-refractivity contribution in [2.45, 2.75) is 38.8 Å². The number of rotatable bonds is 7. The molecule has 0 fully saturated rings. The molecular weight excluding hydrogens is 340 g/mol. The molecule has 3 rings (SSSR count). The number of hydrogen-bond donors (Lipinski definition) is 2. The number of nitrogens with one attached hydrogen (secondary N) is 1. The van der Waals surface area contributed by atoms with Crippen LogP contribution in [0.2, 0.25) is 0 Å². The molecule has 0 bridgehead atoms. The van der Waals surface area contributed by atoms with E-state index in [1.807, 2.05) is 42.5 Å². The number of oxazole rings is 1. The van der Waals surface area contributed by atoms with E-state index in [0.717, 1.165) is 17.5 Å². The molecule has 0 unspecified atom stereocenters. The molecule has 0 spiro atoms. The summed E-state index contributed by atoms with van der Waals surface area (Å²) in [5.74, 6) is 0.379. The topological polar surface area (TPSA) is 75.4 Å². The van der Waals surface area contributed by atoms with Gasteiger partial charge in [0.25, 0.3) is 5.91 Å². The highest BCUT2D eigenvalue weighted by molar-refractivity contribution is 5.94. The zero-order valence-electron chi connectivity index (χ0n) is 15.6. The zero-order chi connectivity index (χ0) is 19.3. The molecule has 0 saturated heterocycles. The maximum atomic E-state index is 12.3. The summed E-state index contributed by atoms with van der Waals surface area (Å²) in [5.41, 5.74) is 2.57. The van der Waals surface area contributed by atoms with Crippen molar-refractivity contribution in [3.8, 4) is 11.5 Å². The average molecular weight is 364 g/mol. The molecule has 0 aliphatic carbocycles. The van der Waals surface area contributed by atoms with Crippen LogP contribution in [0.4, 0.5) is 0 Å². The zero-order valence-corrected chi connectivity index (χ0v) is 15.6. The van der Waals surface area contributed by atoms with Crippen LogP contribution in [0.3, 0.4) is 0 Å². The maximum absolute atomic E-state index is 12.3. The fourth-order valence-corrected chi connectivity index (χ4v) is 2.65. The van der Waals surface area contributed by atoms with Gasteiger partial charge in [0.1, 0.15) is 6.26 Å². The van der Waals surface area contributed by atoms with Crippen LogP contribution in [-0.2, 0) is 13.0 Å². The number of aromatic nitrogens is 1. The molecule has 27 heavy (non-hydrogen) atoms. The Balaban J connectivity index is 1.54. The molecule has 3 aromatic rings. The summed E-state index contributed by atoms with van der Waals surface area (Å²) < 4.78 is 5.48. The first-order valence-electron chi connectivity index (χ1n) is 9.00. The summed E-state index contributed by atoms with van der Waals surface area (Å²) in [4.78, 5) is 16.7. The van der Waals surface area contributed by atoms with E-state index in [1.165, 1.54) is 0 Å². The SMILES string of the molecule is CC(C)(O)CCc1ccc(C(=O)NCc2coc(-c3ccccc3)n2)cc1. The van der Waals surface area contributed by atoms with Gasteiger partial charge >= 0.3 is 0 Å². The maximum Gasteiger partial charge on any atom is 0.251 e. The molecule has 5 nitrogen and oxygen atoms in total. The van der Waals surface area contributed by atoms with Gasteiger partial charge in [-0.25, -0.2) is 4.98 Å². The lowest BCUT2D eigenvalue weighted by atomic mass is 9.98. The Kier molecular flexibility index (Phi) is 5.72. The number of aliphatic hydroxyl groups is 1. The van der Waals surface area contributed by atoms with E-state index in [1.54, 1.807) is 32.2 Å². The van der Waals surface area contributed by atoms with Crippen LogP contribution in [0.25, 0.3) is 11.5 Å². The molecule has 0 atom stereocenters. The molecule has 2 aromatic carbocycles. The van der Waals surface area contributed by atoms with E-state index in [0.29, 0.717) is 30.1 Å². The minimum Gasteiger partial charge on any atom is -0.444 e. The number of carbonyl (C=O) groups excluding carboxylic acids is 1. The molecule has 1 heterocycles. The van der Waals surface area contributed by atoms with Gasteiger partial charge in [0.05, 0.1) is 17.8 Å². The van der Waals surface area contributed by atoms with Crippen LogP contribution in [-0.4, -0.2) is 21.6 Å². The monoisotopic (exact) mass is 364 g/mol. The first-order chi connectivity index (χ1) is 12.9. The predicted molar refractivity (Wildman–Crippen MR) is 104 cm³/mol. The first kappa shape index (κ1) is 18.9. The summed E-state index contributed by atoms with van der Waals surface area (Å²) in [5, 5.41) is 12.7. The third-order valence-electron chi connectivity index (χ3n) is 4.24. The molecule has 0 aliphatic rings. The van der Waals surface area contributed by atoms with Gasteiger partial charge in [-0.15, -0.1) is 0 Å². The highest BCUT2D eigenvalue weighted by Gasteiger charge is 2.13. The smallest absolute Gasteiger partial charge is 0.251 e. The fourth-order valence-electron chi connectivity index (χ4n) is 2.65. The molecule has 1 amide bonds. The number of amides is 1. The summed E-state index contributed by atoms with van der Waals surface area (Å²) >= 11 is 0.